The van der Waals surface area contributed by atoms with E-state index >= 15 is 0 Å². The maximum atomic E-state index is 9.85. The van der Waals surface area contributed by atoms with E-state index in [1.165, 1.54) is 12.0 Å². The number of hydrogen-bond acceptors (Lipinski definition) is 1. The molecular weight excluding hydrogens is 200 g/mol. The zero-order valence-corrected chi connectivity index (χ0v) is 10.9. The van der Waals surface area contributed by atoms with Gasteiger partial charge in [-0.15, -0.1) is 0 Å². The van der Waals surface area contributed by atoms with E-state index in [-0.39, 0.29) is 0 Å². The summed E-state index contributed by atoms with van der Waals surface area (Å²) in [5.74, 6) is 0.752. The van der Waals surface area contributed by atoms with Gasteiger partial charge in [-0.3, -0.25) is 4.79 Å². The lowest BCUT2D eigenvalue weighted by molar-refractivity contribution is -0.137. The van der Waals surface area contributed by atoms with Gasteiger partial charge in [0.15, 0.2) is 0 Å². The minimum Gasteiger partial charge on any atom is -0.481 e. The highest BCUT2D eigenvalue weighted by Crippen LogP contribution is 2.52. The second-order valence-corrected chi connectivity index (χ2v) is 6.08. The van der Waals surface area contributed by atoms with Crippen LogP contribution >= 0.6 is 0 Å². The van der Waals surface area contributed by atoms with Gasteiger partial charge in [0.1, 0.15) is 0 Å². The molecule has 2 fully saturated rings. The molecule has 1 N–H and O–H groups in total. The molecule has 0 amide bonds. The molecule has 0 bridgehead atoms. The minimum absolute atomic E-state index is 0.389. The maximum Gasteiger partial charge on any atom is 0.303 e. The molecule has 0 aromatic rings. The quantitative estimate of drug-likeness (QED) is 0.739. The predicted octanol–water partition coefficient (Wildman–Crippen LogP) is 3.87. The van der Waals surface area contributed by atoms with Crippen molar-refractivity contribution in [2.24, 2.45) is 17.3 Å². The summed E-state index contributed by atoms with van der Waals surface area (Å²) in [7, 11) is 0. The monoisotopic (exact) mass is 224 g/mol. The van der Waals surface area contributed by atoms with Crippen molar-refractivity contribution in [2.45, 2.75) is 53.4 Å². The summed E-state index contributed by atoms with van der Waals surface area (Å²) in [5, 5.41) is 8.12. The Labute approximate surface area is 98.7 Å². The molecule has 16 heavy (non-hydrogen) atoms. The van der Waals surface area contributed by atoms with E-state index in [4.69, 9.17) is 5.11 Å². The van der Waals surface area contributed by atoms with E-state index in [1.807, 2.05) is 0 Å². The molecule has 2 rings (SSSR count). The average Bonchev–Trinajstić information content (AvgIpc) is 2.94. The van der Waals surface area contributed by atoms with Crippen LogP contribution in [0.5, 0.6) is 0 Å². The van der Waals surface area contributed by atoms with E-state index in [0.717, 1.165) is 18.8 Å². The Hall–Kier alpha value is -0.790. The Bertz CT molecular complexity index is 281. The van der Waals surface area contributed by atoms with Crippen LogP contribution in [0.4, 0.5) is 0 Å². The van der Waals surface area contributed by atoms with E-state index in [0.29, 0.717) is 17.8 Å². The fraction of sp³-hybridized carbons (Fsp3) is 0.786. The SMILES string of the molecule is CC(C)=CC1CC1(C)C.O=C(O)CC1CC1. The Balaban J connectivity index is 0.000000165. The van der Waals surface area contributed by atoms with Gasteiger partial charge in [-0.05, 0) is 50.4 Å². The van der Waals surface area contributed by atoms with Gasteiger partial charge < -0.3 is 5.11 Å². The first-order valence-electron chi connectivity index (χ1n) is 6.18. The fourth-order valence-electron chi connectivity index (χ4n) is 1.76. The maximum absolute atomic E-state index is 9.85. The topological polar surface area (TPSA) is 37.3 Å². The number of aliphatic carboxylic acids is 1. The molecule has 92 valence electrons. The van der Waals surface area contributed by atoms with Crippen LogP contribution in [0.25, 0.3) is 0 Å². The number of carboxylic acid groups (broad SMARTS) is 1. The summed E-state index contributed by atoms with van der Waals surface area (Å²) in [6.45, 7) is 9.01. The molecule has 0 saturated heterocycles. The largest absolute Gasteiger partial charge is 0.481 e. The molecule has 0 aliphatic heterocycles. The van der Waals surface area contributed by atoms with Gasteiger partial charge in [0, 0.05) is 6.42 Å². The standard InChI is InChI=1S/C9H16.C5H8O2/c1-7(2)5-8-6-9(8,3)4;6-5(7)3-4-1-2-4/h5,8H,6H2,1-4H3;4H,1-3H2,(H,6,7). The summed E-state index contributed by atoms with van der Waals surface area (Å²) in [6, 6.07) is 0. The molecule has 2 nitrogen and oxygen atoms in total. The molecule has 2 aliphatic carbocycles. The third kappa shape index (κ3) is 5.34. The van der Waals surface area contributed by atoms with Crippen molar-refractivity contribution in [1.29, 1.82) is 0 Å². The Morgan fingerprint density at radius 3 is 2.00 bits per heavy atom. The van der Waals surface area contributed by atoms with Gasteiger partial charge in [0.2, 0.25) is 0 Å². The molecule has 0 aromatic heterocycles. The van der Waals surface area contributed by atoms with E-state index in [1.54, 1.807) is 0 Å². The summed E-state index contributed by atoms with van der Waals surface area (Å²) in [6.07, 6.45) is 6.43. The highest BCUT2D eigenvalue weighted by molar-refractivity contribution is 5.67. The molecule has 0 spiro atoms. The van der Waals surface area contributed by atoms with Crippen LogP contribution in [0, 0.1) is 17.3 Å². The Morgan fingerprint density at radius 1 is 1.38 bits per heavy atom. The molecule has 1 unspecified atom stereocenters. The molecule has 0 heterocycles. The highest BCUT2D eigenvalue weighted by atomic mass is 16.4. The van der Waals surface area contributed by atoms with Crippen LogP contribution in [-0.2, 0) is 4.79 Å². The normalized spacial score (nSPS) is 25.1. The third-order valence-corrected chi connectivity index (χ3v) is 3.28. The minimum atomic E-state index is -0.650. The van der Waals surface area contributed by atoms with Crippen LogP contribution in [0.2, 0.25) is 0 Å². The lowest BCUT2D eigenvalue weighted by Crippen LogP contribution is -1.93. The summed E-state index contributed by atoms with van der Waals surface area (Å²) >= 11 is 0. The van der Waals surface area contributed by atoms with E-state index in [2.05, 4.69) is 33.8 Å². The first-order chi connectivity index (χ1) is 7.31. The van der Waals surface area contributed by atoms with Gasteiger partial charge in [0.05, 0.1) is 0 Å². The molecular formula is C14H24O2. The zero-order valence-electron chi connectivity index (χ0n) is 10.9. The van der Waals surface area contributed by atoms with Crippen molar-refractivity contribution in [2.75, 3.05) is 0 Å². The Morgan fingerprint density at radius 2 is 1.88 bits per heavy atom. The van der Waals surface area contributed by atoms with Gasteiger partial charge in [-0.2, -0.15) is 0 Å². The highest BCUT2D eigenvalue weighted by Gasteiger charge is 2.43. The summed E-state index contributed by atoms with van der Waals surface area (Å²) < 4.78 is 0. The second kappa shape index (κ2) is 5.03. The molecule has 0 aromatic carbocycles. The first kappa shape index (κ1) is 13.3. The lowest BCUT2D eigenvalue weighted by atomic mass is 10.1. The van der Waals surface area contributed by atoms with Crippen LogP contribution < -0.4 is 0 Å². The third-order valence-electron chi connectivity index (χ3n) is 3.28. The van der Waals surface area contributed by atoms with Gasteiger partial charge in [-0.1, -0.05) is 25.5 Å². The zero-order chi connectivity index (χ0) is 12.3. The van der Waals surface area contributed by atoms with Crippen LogP contribution in [0.3, 0.4) is 0 Å². The lowest BCUT2D eigenvalue weighted by Gasteiger charge is -1.96. The molecule has 2 saturated carbocycles. The number of rotatable bonds is 3. The smallest absolute Gasteiger partial charge is 0.303 e. The van der Waals surface area contributed by atoms with Crippen molar-refractivity contribution in [3.8, 4) is 0 Å². The van der Waals surface area contributed by atoms with Gasteiger partial charge >= 0.3 is 5.97 Å². The average molecular weight is 224 g/mol. The van der Waals surface area contributed by atoms with Crippen molar-refractivity contribution in [3.63, 3.8) is 0 Å². The molecule has 2 heteroatoms. The van der Waals surface area contributed by atoms with Crippen LogP contribution in [-0.4, -0.2) is 11.1 Å². The van der Waals surface area contributed by atoms with Crippen LogP contribution in [0.15, 0.2) is 11.6 Å². The van der Waals surface area contributed by atoms with E-state index in [9.17, 15) is 4.79 Å². The fourth-order valence-corrected chi connectivity index (χ4v) is 1.76. The second-order valence-electron chi connectivity index (χ2n) is 6.08. The summed E-state index contributed by atoms with van der Waals surface area (Å²) in [5.41, 5.74) is 2.09. The van der Waals surface area contributed by atoms with Crippen LogP contribution in [0.1, 0.15) is 53.4 Å². The number of hydrogen-bond donors (Lipinski definition) is 1. The van der Waals surface area contributed by atoms with E-state index < -0.39 is 5.97 Å². The van der Waals surface area contributed by atoms with Crippen molar-refractivity contribution < 1.29 is 9.90 Å². The predicted molar refractivity (Wildman–Crippen MR) is 66.3 cm³/mol. The van der Waals surface area contributed by atoms with Gasteiger partial charge in [0.25, 0.3) is 0 Å². The number of carbonyl (C=O) groups is 1. The number of carboxylic acids is 1. The Kier molecular flexibility index (Phi) is 4.17. The van der Waals surface area contributed by atoms with Gasteiger partial charge in [-0.25, -0.2) is 0 Å². The van der Waals surface area contributed by atoms with Crippen molar-refractivity contribution >= 4 is 5.97 Å². The molecule has 0 radical (unpaired) electrons. The molecule has 1 atom stereocenters. The number of allylic oxidation sites excluding steroid dienone is 2. The van der Waals surface area contributed by atoms with Crippen molar-refractivity contribution in [1.82, 2.24) is 0 Å². The first-order valence-corrected chi connectivity index (χ1v) is 6.18. The summed E-state index contributed by atoms with van der Waals surface area (Å²) in [4.78, 5) is 9.85. The van der Waals surface area contributed by atoms with Crippen molar-refractivity contribution in [3.05, 3.63) is 11.6 Å². The molecule has 2 aliphatic rings.